The smallest absolute Gasteiger partial charge is 0.266 e. The number of nitrogens with one attached hydrogen (secondary N) is 1. The molecule has 6 heteroatoms. The van der Waals surface area contributed by atoms with Gasteiger partial charge < -0.3 is 5.32 Å². The Balaban J connectivity index is 1.63. The molecule has 0 unspecified atom stereocenters. The molecule has 0 spiro atoms. The SMILES string of the molecule is CCc1cccc(NC(=O)CSc2nc3ccccc3c(=O)n2-c2ccccc2)c1. The third-order valence-corrected chi connectivity index (χ3v) is 5.65. The van der Waals surface area contributed by atoms with Gasteiger partial charge in [0.1, 0.15) is 0 Å². The van der Waals surface area contributed by atoms with Crippen LogP contribution in [0.15, 0.2) is 88.8 Å². The Kier molecular flexibility index (Phi) is 5.95. The zero-order valence-corrected chi connectivity index (χ0v) is 17.4. The number of rotatable bonds is 6. The highest BCUT2D eigenvalue weighted by Gasteiger charge is 2.14. The van der Waals surface area contributed by atoms with Crippen LogP contribution in [0.2, 0.25) is 0 Å². The minimum Gasteiger partial charge on any atom is -0.325 e. The van der Waals surface area contributed by atoms with E-state index < -0.39 is 0 Å². The van der Waals surface area contributed by atoms with Crippen LogP contribution >= 0.6 is 11.8 Å². The Morgan fingerprint density at radius 2 is 1.77 bits per heavy atom. The van der Waals surface area contributed by atoms with Gasteiger partial charge in [0.15, 0.2) is 5.16 Å². The summed E-state index contributed by atoms with van der Waals surface area (Å²) in [6.45, 7) is 2.07. The standard InChI is InChI=1S/C24H21N3O2S/c1-2-17-9-8-10-18(15-17)25-22(28)16-30-24-26-21-14-7-6-13-20(21)23(29)27(24)19-11-4-3-5-12-19/h3-15H,2,16H2,1H3,(H,25,28). The van der Waals surface area contributed by atoms with Crippen molar-refractivity contribution in [2.75, 3.05) is 11.1 Å². The van der Waals surface area contributed by atoms with E-state index in [-0.39, 0.29) is 17.2 Å². The average molecular weight is 416 g/mol. The molecule has 5 nitrogen and oxygen atoms in total. The van der Waals surface area contributed by atoms with Crippen LogP contribution < -0.4 is 10.9 Å². The lowest BCUT2D eigenvalue weighted by Gasteiger charge is -2.13. The first kappa shape index (κ1) is 19.9. The van der Waals surface area contributed by atoms with Gasteiger partial charge in [0.05, 0.1) is 22.3 Å². The van der Waals surface area contributed by atoms with Gasteiger partial charge in [-0.2, -0.15) is 0 Å². The van der Waals surface area contributed by atoms with E-state index in [0.717, 1.165) is 23.4 Å². The van der Waals surface area contributed by atoms with Gasteiger partial charge in [0.25, 0.3) is 5.56 Å². The Hall–Kier alpha value is -3.38. The fourth-order valence-corrected chi connectivity index (χ4v) is 4.02. The number of para-hydroxylation sites is 2. The van der Waals surface area contributed by atoms with Gasteiger partial charge >= 0.3 is 0 Å². The van der Waals surface area contributed by atoms with Crippen LogP contribution in [0.4, 0.5) is 5.69 Å². The third kappa shape index (κ3) is 4.28. The van der Waals surface area contributed by atoms with Crippen molar-refractivity contribution in [3.05, 3.63) is 94.8 Å². The molecule has 0 saturated carbocycles. The molecule has 1 heterocycles. The number of carbonyl (C=O) groups is 1. The van der Waals surface area contributed by atoms with Gasteiger partial charge in [0.2, 0.25) is 5.91 Å². The summed E-state index contributed by atoms with van der Waals surface area (Å²) in [7, 11) is 0. The van der Waals surface area contributed by atoms with Gasteiger partial charge in [-0.15, -0.1) is 0 Å². The predicted molar refractivity (Wildman–Crippen MR) is 123 cm³/mol. The second kappa shape index (κ2) is 8.97. The average Bonchev–Trinajstić information content (AvgIpc) is 2.78. The number of hydrogen-bond donors (Lipinski definition) is 1. The third-order valence-electron chi connectivity index (χ3n) is 4.71. The Morgan fingerprint density at radius 1 is 1.00 bits per heavy atom. The molecule has 4 aromatic rings. The molecular weight excluding hydrogens is 394 g/mol. The monoisotopic (exact) mass is 415 g/mol. The second-order valence-corrected chi connectivity index (χ2v) is 7.72. The molecule has 0 atom stereocenters. The number of amides is 1. The van der Waals surface area contributed by atoms with Crippen molar-refractivity contribution < 1.29 is 4.79 Å². The normalized spacial score (nSPS) is 10.8. The van der Waals surface area contributed by atoms with Gasteiger partial charge in [-0.3, -0.25) is 14.2 Å². The quantitative estimate of drug-likeness (QED) is 0.367. The first-order chi connectivity index (χ1) is 14.7. The first-order valence-electron chi connectivity index (χ1n) is 9.74. The van der Waals surface area contributed by atoms with Crippen LogP contribution in [-0.2, 0) is 11.2 Å². The topological polar surface area (TPSA) is 64.0 Å². The molecule has 1 N–H and O–H groups in total. The Labute approximate surface area is 178 Å². The van der Waals surface area contributed by atoms with E-state index in [1.165, 1.54) is 11.8 Å². The fraction of sp³-hybridized carbons (Fsp3) is 0.125. The molecule has 150 valence electrons. The lowest BCUT2D eigenvalue weighted by atomic mass is 10.1. The summed E-state index contributed by atoms with van der Waals surface area (Å²) in [6, 6.07) is 24.4. The number of aromatic nitrogens is 2. The zero-order valence-electron chi connectivity index (χ0n) is 16.5. The molecule has 0 fully saturated rings. The van der Waals surface area contributed by atoms with Crippen molar-refractivity contribution in [1.29, 1.82) is 0 Å². The van der Waals surface area contributed by atoms with Crippen LogP contribution in [0.1, 0.15) is 12.5 Å². The number of hydrogen-bond acceptors (Lipinski definition) is 4. The molecule has 0 bridgehead atoms. The largest absolute Gasteiger partial charge is 0.325 e. The van der Waals surface area contributed by atoms with Crippen molar-refractivity contribution in [1.82, 2.24) is 9.55 Å². The maximum absolute atomic E-state index is 13.2. The summed E-state index contributed by atoms with van der Waals surface area (Å²) in [5.74, 6) is 0.00353. The van der Waals surface area contributed by atoms with Crippen molar-refractivity contribution >= 4 is 34.3 Å². The van der Waals surface area contributed by atoms with Gasteiger partial charge in [-0.05, 0) is 48.4 Å². The van der Waals surface area contributed by atoms with Crippen molar-refractivity contribution in [3.63, 3.8) is 0 Å². The highest BCUT2D eigenvalue weighted by atomic mass is 32.2. The highest BCUT2D eigenvalue weighted by molar-refractivity contribution is 7.99. The van der Waals surface area contributed by atoms with Crippen LogP contribution in [-0.4, -0.2) is 21.2 Å². The lowest BCUT2D eigenvalue weighted by Crippen LogP contribution is -2.22. The number of aryl methyl sites for hydroxylation is 1. The molecule has 30 heavy (non-hydrogen) atoms. The van der Waals surface area contributed by atoms with E-state index in [9.17, 15) is 9.59 Å². The Bertz CT molecular complexity index is 1250. The molecule has 1 aromatic heterocycles. The van der Waals surface area contributed by atoms with Crippen molar-refractivity contribution in [3.8, 4) is 5.69 Å². The summed E-state index contributed by atoms with van der Waals surface area (Å²) in [4.78, 5) is 30.4. The summed E-state index contributed by atoms with van der Waals surface area (Å²) >= 11 is 1.25. The summed E-state index contributed by atoms with van der Waals surface area (Å²) in [6.07, 6.45) is 0.906. The molecule has 0 aliphatic heterocycles. The van der Waals surface area contributed by atoms with E-state index in [4.69, 9.17) is 0 Å². The molecule has 0 saturated heterocycles. The first-order valence-corrected chi connectivity index (χ1v) is 10.7. The summed E-state index contributed by atoms with van der Waals surface area (Å²) < 4.78 is 1.57. The van der Waals surface area contributed by atoms with Crippen LogP contribution in [0.5, 0.6) is 0 Å². The van der Waals surface area contributed by atoms with Crippen LogP contribution in [0, 0.1) is 0 Å². The van der Waals surface area contributed by atoms with E-state index in [2.05, 4.69) is 17.2 Å². The van der Waals surface area contributed by atoms with Gasteiger partial charge in [-0.25, -0.2) is 4.98 Å². The van der Waals surface area contributed by atoms with Gasteiger partial charge in [0, 0.05) is 5.69 Å². The summed E-state index contributed by atoms with van der Waals surface area (Å²) in [5.41, 5.74) is 3.12. The number of benzene rings is 3. The van der Waals surface area contributed by atoms with E-state index in [1.807, 2.05) is 72.8 Å². The summed E-state index contributed by atoms with van der Waals surface area (Å²) in [5, 5.41) is 3.96. The van der Waals surface area contributed by atoms with Crippen molar-refractivity contribution in [2.24, 2.45) is 0 Å². The molecular formula is C24H21N3O2S. The van der Waals surface area contributed by atoms with Gasteiger partial charge in [-0.1, -0.05) is 61.2 Å². The maximum Gasteiger partial charge on any atom is 0.266 e. The predicted octanol–water partition coefficient (Wildman–Crippen LogP) is 4.68. The minimum absolute atomic E-state index is 0.143. The molecule has 4 rings (SSSR count). The molecule has 3 aromatic carbocycles. The molecule has 0 aliphatic rings. The highest BCUT2D eigenvalue weighted by Crippen LogP contribution is 2.21. The number of carbonyl (C=O) groups excluding carboxylic acids is 1. The number of anilines is 1. The molecule has 0 aliphatic carbocycles. The molecule has 0 radical (unpaired) electrons. The number of fused-ring (bicyclic) bond motifs is 1. The molecule has 1 amide bonds. The van der Waals surface area contributed by atoms with E-state index >= 15 is 0 Å². The number of thioether (sulfide) groups is 1. The van der Waals surface area contributed by atoms with E-state index in [0.29, 0.717) is 16.1 Å². The van der Waals surface area contributed by atoms with Crippen LogP contribution in [0.3, 0.4) is 0 Å². The maximum atomic E-state index is 13.2. The van der Waals surface area contributed by atoms with Crippen molar-refractivity contribution in [2.45, 2.75) is 18.5 Å². The lowest BCUT2D eigenvalue weighted by molar-refractivity contribution is -0.113. The zero-order chi connectivity index (χ0) is 20.9. The second-order valence-electron chi connectivity index (χ2n) is 6.78. The number of nitrogens with zero attached hydrogens (tertiary/aromatic N) is 2. The fourth-order valence-electron chi connectivity index (χ4n) is 3.21. The minimum atomic E-state index is -0.148. The van der Waals surface area contributed by atoms with Crippen LogP contribution in [0.25, 0.3) is 16.6 Å². The van der Waals surface area contributed by atoms with E-state index in [1.54, 1.807) is 10.6 Å². The Morgan fingerprint density at radius 3 is 2.57 bits per heavy atom.